The van der Waals surface area contributed by atoms with E-state index in [9.17, 15) is 5.11 Å². The van der Waals surface area contributed by atoms with Crippen molar-refractivity contribution in [3.63, 3.8) is 0 Å². The molecule has 2 aliphatic rings. The number of hydrogen-bond donors (Lipinski definition) is 2. The van der Waals surface area contributed by atoms with E-state index in [-0.39, 0.29) is 12.1 Å². The van der Waals surface area contributed by atoms with E-state index >= 15 is 0 Å². The number of nitrogens with one attached hydrogen (secondary N) is 1. The van der Waals surface area contributed by atoms with Crippen LogP contribution in [0.3, 0.4) is 0 Å². The number of hydrogen-bond acceptors (Lipinski definition) is 3. The van der Waals surface area contributed by atoms with Crippen molar-refractivity contribution in [2.75, 3.05) is 19.7 Å². The Kier molecular flexibility index (Phi) is 5.27. The van der Waals surface area contributed by atoms with Crippen LogP contribution in [0.4, 0.5) is 0 Å². The van der Waals surface area contributed by atoms with Gasteiger partial charge in [0.2, 0.25) is 0 Å². The highest BCUT2D eigenvalue weighted by Crippen LogP contribution is 2.35. The Labute approximate surface area is 118 Å². The van der Waals surface area contributed by atoms with Gasteiger partial charge in [-0.15, -0.1) is 0 Å². The molecule has 1 saturated heterocycles. The maximum absolute atomic E-state index is 9.78. The Balaban J connectivity index is 1.87. The molecular formula is C16H32N2O. The van der Waals surface area contributed by atoms with Crippen LogP contribution in [0.15, 0.2) is 0 Å². The zero-order chi connectivity index (χ0) is 13.9. The topological polar surface area (TPSA) is 35.5 Å². The first-order chi connectivity index (χ1) is 9.08. The van der Waals surface area contributed by atoms with E-state index in [4.69, 9.17) is 0 Å². The third kappa shape index (κ3) is 3.71. The number of likely N-dealkylation sites (tertiary alicyclic amines) is 1. The highest BCUT2D eigenvalue weighted by molar-refractivity contribution is 5.00. The average molecular weight is 268 g/mol. The highest BCUT2D eigenvalue weighted by atomic mass is 16.3. The van der Waals surface area contributed by atoms with Crippen LogP contribution >= 0.6 is 0 Å². The molecule has 0 aromatic rings. The lowest BCUT2D eigenvalue weighted by Gasteiger charge is -2.37. The molecule has 1 aliphatic heterocycles. The summed E-state index contributed by atoms with van der Waals surface area (Å²) in [6.07, 6.45) is 7.58. The van der Waals surface area contributed by atoms with Crippen molar-refractivity contribution in [2.24, 2.45) is 5.92 Å². The largest absolute Gasteiger partial charge is 0.394 e. The molecule has 3 nitrogen and oxygen atoms in total. The van der Waals surface area contributed by atoms with Gasteiger partial charge in [-0.25, -0.2) is 0 Å². The van der Waals surface area contributed by atoms with Gasteiger partial charge < -0.3 is 15.3 Å². The third-order valence-corrected chi connectivity index (χ3v) is 5.22. The standard InChI is InChI=1S/C16H32N2O/c1-4-14-6-9-18(10-7-14)15-5-8-16(11-15,12-19)17-13(2)3/h13-15,17,19H,4-12H2,1-3H3. The minimum absolute atomic E-state index is 0.0135. The Morgan fingerprint density at radius 1 is 1.26 bits per heavy atom. The lowest BCUT2D eigenvalue weighted by atomic mass is 9.92. The number of aliphatic hydroxyl groups excluding tert-OH is 1. The molecular weight excluding hydrogens is 236 g/mol. The normalized spacial score (nSPS) is 34.3. The molecule has 1 aliphatic carbocycles. The molecule has 112 valence electrons. The Morgan fingerprint density at radius 2 is 1.95 bits per heavy atom. The molecule has 0 aromatic heterocycles. The van der Waals surface area contributed by atoms with Crippen molar-refractivity contribution in [3.05, 3.63) is 0 Å². The van der Waals surface area contributed by atoms with Crippen molar-refractivity contribution in [2.45, 2.75) is 76.9 Å². The second-order valence-electron chi connectivity index (χ2n) is 7.02. The molecule has 1 saturated carbocycles. The predicted octanol–water partition coefficient (Wildman–Crippen LogP) is 2.39. The van der Waals surface area contributed by atoms with Gasteiger partial charge in [-0.1, -0.05) is 27.2 Å². The Hall–Kier alpha value is -0.120. The summed E-state index contributed by atoms with van der Waals surface area (Å²) in [5, 5.41) is 13.4. The number of aliphatic hydroxyl groups is 1. The van der Waals surface area contributed by atoms with Gasteiger partial charge in [-0.2, -0.15) is 0 Å². The first-order valence-corrected chi connectivity index (χ1v) is 8.21. The predicted molar refractivity (Wildman–Crippen MR) is 80.3 cm³/mol. The third-order valence-electron chi connectivity index (χ3n) is 5.22. The molecule has 0 amide bonds. The molecule has 2 unspecified atom stereocenters. The van der Waals surface area contributed by atoms with Crippen LogP contribution in [0.5, 0.6) is 0 Å². The zero-order valence-corrected chi connectivity index (χ0v) is 13.0. The fourth-order valence-corrected chi connectivity index (χ4v) is 4.07. The van der Waals surface area contributed by atoms with Crippen LogP contribution in [0, 0.1) is 5.92 Å². The maximum Gasteiger partial charge on any atom is 0.0614 e. The summed E-state index contributed by atoms with van der Waals surface area (Å²) in [6.45, 7) is 9.50. The zero-order valence-electron chi connectivity index (χ0n) is 13.0. The summed E-state index contributed by atoms with van der Waals surface area (Å²) in [4.78, 5) is 2.69. The number of piperidine rings is 1. The molecule has 0 bridgehead atoms. The molecule has 0 aromatic carbocycles. The first-order valence-electron chi connectivity index (χ1n) is 8.21. The summed E-state index contributed by atoms with van der Waals surface area (Å²) < 4.78 is 0. The van der Waals surface area contributed by atoms with E-state index in [0.29, 0.717) is 12.1 Å². The van der Waals surface area contributed by atoms with Crippen LogP contribution in [-0.4, -0.2) is 47.3 Å². The van der Waals surface area contributed by atoms with E-state index in [1.54, 1.807) is 0 Å². The molecule has 0 radical (unpaired) electrons. The number of nitrogens with zero attached hydrogens (tertiary/aromatic N) is 1. The maximum atomic E-state index is 9.78. The van der Waals surface area contributed by atoms with Crippen molar-refractivity contribution in [1.82, 2.24) is 10.2 Å². The number of rotatable bonds is 5. The molecule has 19 heavy (non-hydrogen) atoms. The second kappa shape index (κ2) is 6.55. The molecule has 2 rings (SSSR count). The van der Waals surface area contributed by atoms with Gasteiger partial charge in [0.05, 0.1) is 6.61 Å². The van der Waals surface area contributed by atoms with Crippen molar-refractivity contribution < 1.29 is 5.11 Å². The lowest BCUT2D eigenvalue weighted by Crippen LogP contribution is -2.51. The summed E-state index contributed by atoms with van der Waals surface area (Å²) in [6, 6.07) is 1.15. The average Bonchev–Trinajstić information content (AvgIpc) is 2.83. The van der Waals surface area contributed by atoms with Crippen LogP contribution in [0.2, 0.25) is 0 Å². The van der Waals surface area contributed by atoms with Gasteiger partial charge in [0.15, 0.2) is 0 Å². The lowest BCUT2D eigenvalue weighted by molar-refractivity contribution is 0.110. The molecule has 0 spiro atoms. The van der Waals surface area contributed by atoms with E-state index in [0.717, 1.165) is 18.8 Å². The minimum atomic E-state index is -0.0135. The van der Waals surface area contributed by atoms with Crippen molar-refractivity contribution >= 4 is 0 Å². The minimum Gasteiger partial charge on any atom is -0.394 e. The fourth-order valence-electron chi connectivity index (χ4n) is 4.07. The molecule has 2 atom stereocenters. The van der Waals surface area contributed by atoms with Gasteiger partial charge in [-0.05, 0) is 51.1 Å². The van der Waals surface area contributed by atoms with E-state index < -0.39 is 0 Å². The fraction of sp³-hybridized carbons (Fsp3) is 1.00. The van der Waals surface area contributed by atoms with Gasteiger partial charge in [0, 0.05) is 17.6 Å². The molecule has 2 N–H and O–H groups in total. The Morgan fingerprint density at radius 3 is 2.47 bits per heavy atom. The van der Waals surface area contributed by atoms with Gasteiger partial charge in [0.25, 0.3) is 0 Å². The monoisotopic (exact) mass is 268 g/mol. The van der Waals surface area contributed by atoms with Crippen LogP contribution in [0.1, 0.15) is 59.3 Å². The first kappa shape index (κ1) is 15.3. The SMILES string of the molecule is CCC1CCN(C2CCC(CO)(NC(C)C)C2)CC1. The summed E-state index contributed by atoms with van der Waals surface area (Å²) >= 11 is 0. The van der Waals surface area contributed by atoms with Crippen LogP contribution in [0.25, 0.3) is 0 Å². The van der Waals surface area contributed by atoms with E-state index in [1.807, 2.05) is 0 Å². The summed E-state index contributed by atoms with van der Waals surface area (Å²) in [5.41, 5.74) is -0.0135. The van der Waals surface area contributed by atoms with Gasteiger partial charge in [-0.3, -0.25) is 0 Å². The Bertz CT molecular complexity index is 274. The second-order valence-corrected chi connectivity index (χ2v) is 7.02. The van der Waals surface area contributed by atoms with Crippen molar-refractivity contribution in [3.8, 4) is 0 Å². The summed E-state index contributed by atoms with van der Waals surface area (Å²) in [5.74, 6) is 0.953. The van der Waals surface area contributed by atoms with Gasteiger partial charge in [0.1, 0.15) is 0 Å². The smallest absolute Gasteiger partial charge is 0.0614 e. The molecule has 2 fully saturated rings. The highest BCUT2D eigenvalue weighted by Gasteiger charge is 2.41. The quantitative estimate of drug-likeness (QED) is 0.803. The molecule has 1 heterocycles. The summed E-state index contributed by atoms with van der Waals surface area (Å²) in [7, 11) is 0. The van der Waals surface area contributed by atoms with Gasteiger partial charge >= 0.3 is 0 Å². The van der Waals surface area contributed by atoms with E-state index in [1.165, 1.54) is 38.8 Å². The molecule has 3 heteroatoms. The van der Waals surface area contributed by atoms with Crippen molar-refractivity contribution in [1.29, 1.82) is 0 Å². The van der Waals surface area contributed by atoms with Crippen LogP contribution < -0.4 is 5.32 Å². The van der Waals surface area contributed by atoms with E-state index in [2.05, 4.69) is 31.0 Å². The van der Waals surface area contributed by atoms with Crippen LogP contribution in [-0.2, 0) is 0 Å².